The first kappa shape index (κ1) is 15.3. The number of rotatable bonds is 7. The molecule has 0 amide bonds. The van der Waals surface area contributed by atoms with Gasteiger partial charge in [-0.3, -0.25) is 0 Å². The lowest BCUT2D eigenvalue weighted by atomic mass is 9.98. The van der Waals surface area contributed by atoms with Gasteiger partial charge in [0.1, 0.15) is 0 Å². The molecule has 1 N–H and O–H groups in total. The average molecular weight is 261 g/mol. The van der Waals surface area contributed by atoms with Crippen molar-refractivity contribution in [3.05, 3.63) is 0 Å². The van der Waals surface area contributed by atoms with Crippen LogP contribution < -0.4 is 5.32 Å². The fourth-order valence-corrected chi connectivity index (χ4v) is 2.97. The van der Waals surface area contributed by atoms with Crippen LogP contribution in [0.15, 0.2) is 0 Å². The Hall–Kier alpha value is 0.210. The zero-order valence-corrected chi connectivity index (χ0v) is 12.5. The summed E-state index contributed by atoms with van der Waals surface area (Å²) in [5.74, 6) is 1.44. The zero-order chi connectivity index (χ0) is 12.7. The Kier molecular flexibility index (Phi) is 7.49. The average Bonchev–Trinajstić information content (AvgIpc) is 2.30. The van der Waals surface area contributed by atoms with Crippen molar-refractivity contribution in [3.8, 4) is 0 Å². The van der Waals surface area contributed by atoms with Gasteiger partial charge in [-0.2, -0.15) is 0 Å². The Bertz CT molecular complexity index is 193. The minimum absolute atomic E-state index is 0.585. The molecule has 0 aromatic heterocycles. The van der Waals surface area contributed by atoms with E-state index in [-0.39, 0.29) is 0 Å². The van der Waals surface area contributed by atoms with Crippen LogP contribution in [0.2, 0.25) is 0 Å². The summed E-state index contributed by atoms with van der Waals surface area (Å²) in [4.78, 5) is 2.52. The summed E-state index contributed by atoms with van der Waals surface area (Å²) in [7, 11) is 2.27. The molecule has 1 fully saturated rings. The molecular weight excluding hydrogens is 232 g/mol. The van der Waals surface area contributed by atoms with Crippen LogP contribution in [0.3, 0.4) is 0 Å². The van der Waals surface area contributed by atoms with Crippen molar-refractivity contribution in [2.45, 2.75) is 58.0 Å². The molecule has 17 heavy (non-hydrogen) atoms. The lowest BCUT2D eigenvalue weighted by Crippen LogP contribution is -2.41. The van der Waals surface area contributed by atoms with Gasteiger partial charge in [0.2, 0.25) is 0 Å². The second-order valence-corrected chi connectivity index (χ2v) is 6.08. The number of alkyl halides is 1. The molecule has 3 heteroatoms. The summed E-state index contributed by atoms with van der Waals surface area (Å²) in [5.41, 5.74) is 0. The van der Waals surface area contributed by atoms with E-state index >= 15 is 0 Å². The predicted molar refractivity (Wildman–Crippen MR) is 76.9 cm³/mol. The SMILES string of the molecule is CC(C)C(CCCl)NCCC1CCCCN1C. The molecule has 0 spiro atoms. The van der Waals surface area contributed by atoms with Gasteiger partial charge in [-0.25, -0.2) is 0 Å². The summed E-state index contributed by atoms with van der Waals surface area (Å²) in [6.45, 7) is 6.96. The van der Waals surface area contributed by atoms with Crippen molar-refractivity contribution >= 4 is 11.6 Å². The molecule has 2 nitrogen and oxygen atoms in total. The number of halogens is 1. The van der Waals surface area contributed by atoms with E-state index in [9.17, 15) is 0 Å². The second-order valence-electron chi connectivity index (χ2n) is 5.70. The molecule has 2 unspecified atom stereocenters. The summed E-state index contributed by atoms with van der Waals surface area (Å²) in [5, 5.41) is 3.68. The van der Waals surface area contributed by atoms with Crippen LogP contribution in [-0.2, 0) is 0 Å². The van der Waals surface area contributed by atoms with Crippen LogP contribution in [0.4, 0.5) is 0 Å². The molecule has 0 aromatic rings. The highest BCUT2D eigenvalue weighted by Gasteiger charge is 2.19. The lowest BCUT2D eigenvalue weighted by molar-refractivity contribution is 0.173. The smallest absolute Gasteiger partial charge is 0.0238 e. The van der Waals surface area contributed by atoms with Crippen molar-refractivity contribution in [1.29, 1.82) is 0 Å². The second kappa shape index (κ2) is 8.34. The third-order valence-corrected chi connectivity index (χ3v) is 4.25. The van der Waals surface area contributed by atoms with Gasteiger partial charge in [-0.05, 0) is 51.7 Å². The van der Waals surface area contributed by atoms with Gasteiger partial charge >= 0.3 is 0 Å². The van der Waals surface area contributed by atoms with Crippen molar-refractivity contribution in [2.24, 2.45) is 5.92 Å². The van der Waals surface area contributed by atoms with E-state index in [0.29, 0.717) is 12.0 Å². The van der Waals surface area contributed by atoms with Crippen molar-refractivity contribution in [2.75, 3.05) is 26.0 Å². The first-order valence-electron chi connectivity index (χ1n) is 7.14. The van der Waals surface area contributed by atoms with Crippen molar-refractivity contribution in [3.63, 3.8) is 0 Å². The fourth-order valence-electron chi connectivity index (χ4n) is 2.73. The summed E-state index contributed by atoms with van der Waals surface area (Å²) < 4.78 is 0. The highest BCUT2D eigenvalue weighted by atomic mass is 35.5. The van der Waals surface area contributed by atoms with Crippen LogP contribution in [0.5, 0.6) is 0 Å². The number of likely N-dealkylation sites (tertiary alicyclic amines) is 1. The van der Waals surface area contributed by atoms with Gasteiger partial charge in [-0.15, -0.1) is 11.6 Å². The van der Waals surface area contributed by atoms with Crippen LogP contribution >= 0.6 is 11.6 Å². The number of nitrogens with zero attached hydrogens (tertiary/aromatic N) is 1. The number of hydrogen-bond acceptors (Lipinski definition) is 2. The van der Waals surface area contributed by atoms with E-state index in [0.717, 1.165) is 24.9 Å². The summed E-state index contributed by atoms with van der Waals surface area (Å²) >= 11 is 5.84. The zero-order valence-electron chi connectivity index (χ0n) is 11.7. The Balaban J connectivity index is 2.20. The van der Waals surface area contributed by atoms with Crippen LogP contribution in [0, 0.1) is 5.92 Å². The minimum atomic E-state index is 0.585. The molecule has 1 saturated heterocycles. The molecule has 0 aliphatic carbocycles. The van der Waals surface area contributed by atoms with E-state index in [2.05, 4.69) is 31.1 Å². The molecule has 0 saturated carbocycles. The van der Waals surface area contributed by atoms with Gasteiger partial charge in [0, 0.05) is 18.0 Å². The van der Waals surface area contributed by atoms with Crippen molar-refractivity contribution < 1.29 is 0 Å². The molecule has 1 aliphatic heterocycles. The van der Waals surface area contributed by atoms with E-state index in [1.807, 2.05) is 0 Å². The Labute approximate surface area is 112 Å². The summed E-state index contributed by atoms with van der Waals surface area (Å²) in [6.07, 6.45) is 6.52. The van der Waals surface area contributed by atoms with Gasteiger partial charge in [0.15, 0.2) is 0 Å². The standard InChI is InChI=1S/C14H29ClN2/c1-12(2)14(7-9-15)16-10-8-13-6-4-5-11-17(13)3/h12-14,16H,4-11H2,1-3H3. The third kappa shape index (κ3) is 5.58. The number of piperidine rings is 1. The minimum Gasteiger partial charge on any atom is -0.314 e. The fraction of sp³-hybridized carbons (Fsp3) is 1.00. The highest BCUT2D eigenvalue weighted by molar-refractivity contribution is 6.17. The normalized spacial score (nSPS) is 24.2. The van der Waals surface area contributed by atoms with Gasteiger partial charge < -0.3 is 10.2 Å². The Morgan fingerprint density at radius 2 is 2.12 bits per heavy atom. The van der Waals surface area contributed by atoms with Crippen LogP contribution in [0.25, 0.3) is 0 Å². The Morgan fingerprint density at radius 1 is 1.35 bits per heavy atom. The van der Waals surface area contributed by atoms with E-state index in [1.54, 1.807) is 0 Å². The first-order chi connectivity index (χ1) is 8.15. The number of nitrogens with one attached hydrogen (secondary N) is 1. The molecule has 1 aliphatic rings. The van der Waals surface area contributed by atoms with E-state index in [1.165, 1.54) is 32.2 Å². The Morgan fingerprint density at radius 3 is 2.71 bits per heavy atom. The molecule has 2 atom stereocenters. The molecule has 0 aromatic carbocycles. The van der Waals surface area contributed by atoms with Crippen LogP contribution in [0.1, 0.15) is 46.0 Å². The molecular formula is C14H29ClN2. The van der Waals surface area contributed by atoms with Gasteiger partial charge in [0.05, 0.1) is 0 Å². The third-order valence-electron chi connectivity index (χ3n) is 4.03. The maximum absolute atomic E-state index is 5.84. The van der Waals surface area contributed by atoms with E-state index in [4.69, 9.17) is 11.6 Å². The maximum atomic E-state index is 5.84. The monoisotopic (exact) mass is 260 g/mol. The van der Waals surface area contributed by atoms with Gasteiger partial charge in [-0.1, -0.05) is 20.3 Å². The quantitative estimate of drug-likeness (QED) is 0.708. The molecule has 102 valence electrons. The predicted octanol–water partition coefficient (Wildman–Crippen LogP) is 3.10. The molecule has 0 radical (unpaired) electrons. The van der Waals surface area contributed by atoms with Gasteiger partial charge in [0.25, 0.3) is 0 Å². The van der Waals surface area contributed by atoms with Crippen LogP contribution in [-0.4, -0.2) is 43.0 Å². The van der Waals surface area contributed by atoms with E-state index < -0.39 is 0 Å². The molecule has 1 heterocycles. The lowest BCUT2D eigenvalue weighted by Gasteiger charge is -2.33. The molecule has 1 rings (SSSR count). The van der Waals surface area contributed by atoms with Crippen molar-refractivity contribution in [1.82, 2.24) is 10.2 Å². The number of hydrogen-bond donors (Lipinski definition) is 1. The topological polar surface area (TPSA) is 15.3 Å². The molecule has 0 bridgehead atoms. The highest BCUT2D eigenvalue weighted by Crippen LogP contribution is 2.17. The first-order valence-corrected chi connectivity index (χ1v) is 7.68. The maximum Gasteiger partial charge on any atom is 0.0238 e. The summed E-state index contributed by atoms with van der Waals surface area (Å²) in [6, 6.07) is 1.38. The largest absolute Gasteiger partial charge is 0.314 e.